The molecule has 0 bridgehead atoms. The predicted octanol–water partition coefficient (Wildman–Crippen LogP) is 2.20. The normalized spacial score (nSPS) is 16.3. The lowest BCUT2D eigenvalue weighted by molar-refractivity contribution is -0.134. The molecular formula is C22H24ClN9O2. The highest BCUT2D eigenvalue weighted by Gasteiger charge is 2.29. The van der Waals surface area contributed by atoms with Crippen LogP contribution in [-0.4, -0.2) is 73.3 Å². The van der Waals surface area contributed by atoms with Crippen molar-refractivity contribution in [2.24, 2.45) is 0 Å². The number of imidazole rings is 1. The summed E-state index contributed by atoms with van der Waals surface area (Å²) in [4.78, 5) is 33.1. The molecule has 1 unspecified atom stereocenters. The second-order valence-electron chi connectivity index (χ2n) is 8.10. The van der Waals surface area contributed by atoms with Gasteiger partial charge in [-0.1, -0.05) is 11.6 Å². The minimum absolute atomic E-state index is 0.00557. The van der Waals surface area contributed by atoms with E-state index in [4.69, 9.17) is 22.1 Å². The van der Waals surface area contributed by atoms with Crippen molar-refractivity contribution >= 4 is 40.0 Å². The number of anilines is 2. The smallest absolute Gasteiger partial charge is 0.244 e. The molecule has 3 N–H and O–H groups in total. The van der Waals surface area contributed by atoms with Gasteiger partial charge in [-0.25, -0.2) is 19.6 Å². The van der Waals surface area contributed by atoms with Crippen molar-refractivity contribution in [2.75, 3.05) is 37.4 Å². The number of fused-ring (bicyclic) bond motifs is 1. The van der Waals surface area contributed by atoms with Gasteiger partial charge in [-0.3, -0.25) is 4.79 Å². The van der Waals surface area contributed by atoms with E-state index in [0.717, 1.165) is 5.69 Å². The average Bonchev–Trinajstić information content (AvgIpc) is 3.48. The third kappa shape index (κ3) is 3.87. The van der Waals surface area contributed by atoms with Crippen LogP contribution in [0.25, 0.3) is 22.6 Å². The number of nitrogens with one attached hydrogen (secondary N) is 1. The number of halogens is 1. The molecular weight excluding hydrogens is 458 g/mol. The molecule has 1 atom stereocenters. The van der Waals surface area contributed by atoms with Gasteiger partial charge in [-0.05, 0) is 19.1 Å². The number of aromatic nitrogens is 6. The summed E-state index contributed by atoms with van der Waals surface area (Å²) in [6.45, 7) is 4.02. The number of ether oxygens (including phenoxy) is 1. The molecule has 4 aromatic rings. The maximum Gasteiger partial charge on any atom is 0.244 e. The lowest BCUT2D eigenvalue weighted by atomic mass is 10.1. The van der Waals surface area contributed by atoms with Crippen molar-refractivity contribution in [3.8, 4) is 17.3 Å². The zero-order chi connectivity index (χ0) is 23.8. The average molecular weight is 482 g/mol. The summed E-state index contributed by atoms with van der Waals surface area (Å²) in [6, 6.07) is 5.70. The molecule has 0 spiro atoms. The number of methoxy groups -OCH3 is 1. The molecule has 11 nitrogen and oxygen atoms in total. The van der Waals surface area contributed by atoms with E-state index in [9.17, 15) is 4.79 Å². The van der Waals surface area contributed by atoms with Crippen molar-refractivity contribution in [3.63, 3.8) is 0 Å². The van der Waals surface area contributed by atoms with Crippen molar-refractivity contribution in [2.45, 2.75) is 19.5 Å². The summed E-state index contributed by atoms with van der Waals surface area (Å²) in [5, 5.41) is 5.74. The number of rotatable bonds is 5. The number of carbonyl (C=O) groups excluding carboxylic acids is 1. The van der Waals surface area contributed by atoms with E-state index in [2.05, 4.69) is 29.9 Å². The van der Waals surface area contributed by atoms with Crippen molar-refractivity contribution in [3.05, 3.63) is 41.9 Å². The number of H-pyrrole nitrogens is 1. The van der Waals surface area contributed by atoms with Crippen molar-refractivity contribution in [1.29, 1.82) is 0 Å². The highest BCUT2D eigenvalue weighted by atomic mass is 35.5. The third-order valence-electron chi connectivity index (χ3n) is 6.01. The molecule has 3 aromatic heterocycles. The zero-order valence-corrected chi connectivity index (χ0v) is 19.5. The number of hydrogen-bond donors (Lipinski definition) is 2. The van der Waals surface area contributed by atoms with Crippen LogP contribution in [0.4, 0.5) is 11.5 Å². The molecule has 1 aromatic carbocycles. The van der Waals surface area contributed by atoms with Crippen LogP contribution in [0.2, 0.25) is 5.02 Å². The van der Waals surface area contributed by atoms with Crippen LogP contribution < -0.4 is 15.4 Å². The fourth-order valence-electron chi connectivity index (χ4n) is 4.33. The Kier molecular flexibility index (Phi) is 5.70. The van der Waals surface area contributed by atoms with Gasteiger partial charge in [0.1, 0.15) is 30.1 Å². The van der Waals surface area contributed by atoms with E-state index in [-0.39, 0.29) is 24.3 Å². The lowest BCUT2D eigenvalue weighted by Gasteiger charge is -2.41. The molecule has 0 radical (unpaired) electrons. The number of nitrogen functional groups attached to an aromatic ring is 1. The first-order valence-electron chi connectivity index (χ1n) is 10.8. The van der Waals surface area contributed by atoms with Crippen LogP contribution in [0, 0.1) is 0 Å². The van der Waals surface area contributed by atoms with Gasteiger partial charge >= 0.3 is 0 Å². The number of benzene rings is 1. The fraction of sp³-hybridized carbons (Fsp3) is 0.318. The molecule has 1 fully saturated rings. The molecule has 1 aliphatic heterocycles. The van der Waals surface area contributed by atoms with Gasteiger partial charge in [-0.15, -0.1) is 0 Å². The SMILES string of the molecule is COc1cc(N2CCN(C(=O)Cn3nc(-c4ncc[nH]4)c4c(N)ncnc43)C(C)C2)ccc1Cl. The fourth-order valence-corrected chi connectivity index (χ4v) is 4.52. The quantitative estimate of drug-likeness (QED) is 0.443. The van der Waals surface area contributed by atoms with Crippen molar-refractivity contribution < 1.29 is 9.53 Å². The van der Waals surface area contributed by atoms with Gasteiger partial charge < -0.3 is 25.3 Å². The Labute approximate surface area is 200 Å². The highest BCUT2D eigenvalue weighted by Crippen LogP contribution is 2.31. The lowest BCUT2D eigenvalue weighted by Crippen LogP contribution is -2.54. The van der Waals surface area contributed by atoms with Gasteiger partial charge in [0.15, 0.2) is 11.5 Å². The first kappa shape index (κ1) is 22.0. The first-order valence-corrected chi connectivity index (χ1v) is 11.2. The summed E-state index contributed by atoms with van der Waals surface area (Å²) in [7, 11) is 1.60. The van der Waals surface area contributed by atoms with Gasteiger partial charge in [-0.2, -0.15) is 5.10 Å². The summed E-state index contributed by atoms with van der Waals surface area (Å²) < 4.78 is 6.91. The predicted molar refractivity (Wildman–Crippen MR) is 129 cm³/mol. The third-order valence-corrected chi connectivity index (χ3v) is 6.33. The number of carbonyl (C=O) groups is 1. The number of nitrogens with zero attached hydrogens (tertiary/aromatic N) is 7. The van der Waals surface area contributed by atoms with E-state index >= 15 is 0 Å². The Bertz CT molecular complexity index is 1340. The number of amides is 1. The molecule has 12 heteroatoms. The molecule has 0 saturated carbocycles. The van der Waals surface area contributed by atoms with Gasteiger partial charge in [0.25, 0.3) is 0 Å². The van der Waals surface area contributed by atoms with Crippen LogP contribution in [0.3, 0.4) is 0 Å². The minimum atomic E-state index is -0.0478. The summed E-state index contributed by atoms with van der Waals surface area (Å²) in [6.07, 6.45) is 4.69. The molecule has 1 saturated heterocycles. The Morgan fingerprint density at radius 2 is 2.15 bits per heavy atom. The summed E-state index contributed by atoms with van der Waals surface area (Å²) >= 11 is 6.16. The van der Waals surface area contributed by atoms with Gasteiger partial charge in [0.05, 0.1) is 17.5 Å². The monoisotopic (exact) mass is 481 g/mol. The van der Waals surface area contributed by atoms with Gasteiger partial charge in [0.2, 0.25) is 5.91 Å². The Morgan fingerprint density at radius 1 is 1.29 bits per heavy atom. The van der Waals surface area contributed by atoms with E-state index in [1.54, 1.807) is 24.2 Å². The van der Waals surface area contributed by atoms with E-state index in [0.29, 0.717) is 53.0 Å². The molecule has 4 heterocycles. The Balaban J connectivity index is 1.35. The number of piperazine rings is 1. The van der Waals surface area contributed by atoms with Crippen LogP contribution in [0.15, 0.2) is 36.9 Å². The van der Waals surface area contributed by atoms with Crippen molar-refractivity contribution in [1.82, 2.24) is 34.6 Å². The van der Waals surface area contributed by atoms with E-state index < -0.39 is 0 Å². The first-order chi connectivity index (χ1) is 16.5. The summed E-state index contributed by atoms with van der Waals surface area (Å²) in [5.41, 5.74) is 8.12. The largest absolute Gasteiger partial charge is 0.495 e. The van der Waals surface area contributed by atoms with Gasteiger partial charge in [0, 0.05) is 49.8 Å². The van der Waals surface area contributed by atoms with Crippen LogP contribution in [-0.2, 0) is 11.3 Å². The molecule has 1 aliphatic rings. The molecule has 176 valence electrons. The number of aromatic amines is 1. The van der Waals surface area contributed by atoms with E-state index in [1.165, 1.54) is 6.33 Å². The second-order valence-corrected chi connectivity index (χ2v) is 8.51. The number of hydrogen-bond acceptors (Lipinski definition) is 8. The van der Waals surface area contributed by atoms with Crippen LogP contribution in [0.5, 0.6) is 5.75 Å². The molecule has 5 rings (SSSR count). The summed E-state index contributed by atoms with van der Waals surface area (Å²) in [5.74, 6) is 1.41. The molecule has 0 aliphatic carbocycles. The number of nitrogens with two attached hydrogens (primary N) is 1. The highest BCUT2D eigenvalue weighted by molar-refractivity contribution is 6.32. The Hall–Kier alpha value is -3.86. The maximum atomic E-state index is 13.3. The van der Waals surface area contributed by atoms with Crippen LogP contribution >= 0.6 is 11.6 Å². The van der Waals surface area contributed by atoms with Crippen LogP contribution in [0.1, 0.15) is 6.92 Å². The topological polar surface area (TPSA) is 131 Å². The minimum Gasteiger partial charge on any atom is -0.495 e. The second kappa shape index (κ2) is 8.82. The standard InChI is InChI=1S/C22H24ClN9O2/c1-13-10-30(14-3-4-15(23)16(9-14)34-2)7-8-31(13)17(33)11-32-22-18(20(24)27-12-28-22)19(29-32)21-25-5-6-26-21/h3-6,9,12-13H,7-8,10-11H2,1-2H3,(H,25,26)(H2,24,27,28). The van der Waals surface area contributed by atoms with E-state index in [1.807, 2.05) is 30.0 Å². The maximum absolute atomic E-state index is 13.3. The zero-order valence-electron chi connectivity index (χ0n) is 18.8. The molecule has 1 amide bonds. The Morgan fingerprint density at radius 3 is 2.88 bits per heavy atom. The molecule has 34 heavy (non-hydrogen) atoms.